The van der Waals surface area contributed by atoms with E-state index in [0.717, 1.165) is 0 Å². The molecule has 0 bridgehead atoms. The van der Waals surface area contributed by atoms with Crippen molar-refractivity contribution in [3.05, 3.63) is 0 Å². The molecule has 0 unspecified atom stereocenters. The van der Waals surface area contributed by atoms with Gasteiger partial charge in [0.2, 0.25) is 0 Å². The van der Waals surface area contributed by atoms with Crippen molar-refractivity contribution in [2.45, 2.75) is 12.6 Å². The Hall–Kier alpha value is -1.84. The Morgan fingerprint density at radius 3 is 2.28 bits per heavy atom. The van der Waals surface area contributed by atoms with E-state index in [-0.39, 0.29) is 0 Å². The summed E-state index contributed by atoms with van der Waals surface area (Å²) in [6.07, 6.45) is -5.62. The normalized spacial score (nSPS) is 10.8. The smallest absolute Gasteiger partial charge is 0.390 e. The third-order valence-electron chi connectivity index (χ3n) is 1.41. The van der Waals surface area contributed by atoms with E-state index in [9.17, 15) is 27.6 Å². The third-order valence-corrected chi connectivity index (χ3v) is 1.41. The largest absolute Gasteiger partial charge is 0.480 e. The van der Waals surface area contributed by atoms with Crippen molar-refractivity contribution < 1.29 is 37.4 Å². The Bertz CT molecular complexity index is 318. The molecule has 18 heavy (non-hydrogen) atoms. The van der Waals surface area contributed by atoms with Gasteiger partial charge in [-0.05, 0) is 0 Å². The first-order valence-corrected chi connectivity index (χ1v) is 4.64. The molecule has 0 rings (SSSR count). The summed E-state index contributed by atoms with van der Waals surface area (Å²) in [7, 11) is 0. The van der Waals surface area contributed by atoms with Crippen LogP contribution in [-0.4, -0.2) is 48.9 Å². The first-order valence-electron chi connectivity index (χ1n) is 4.64. The molecule has 3 N–H and O–H groups in total. The SMILES string of the molecule is O=C(O)COCC(=O)NC(=O)NCCC(F)(F)F. The molecular weight excluding hydrogens is 261 g/mol. The highest BCUT2D eigenvalue weighted by molar-refractivity contribution is 5.94. The molecule has 0 aromatic carbocycles. The van der Waals surface area contributed by atoms with Crippen LogP contribution >= 0.6 is 0 Å². The highest BCUT2D eigenvalue weighted by Gasteiger charge is 2.26. The fourth-order valence-corrected chi connectivity index (χ4v) is 0.756. The van der Waals surface area contributed by atoms with Gasteiger partial charge in [-0.15, -0.1) is 0 Å². The van der Waals surface area contributed by atoms with Crippen molar-refractivity contribution in [3.8, 4) is 0 Å². The lowest BCUT2D eigenvalue weighted by Gasteiger charge is -2.08. The Balaban J connectivity index is 3.68. The van der Waals surface area contributed by atoms with Crippen molar-refractivity contribution in [1.82, 2.24) is 10.6 Å². The molecule has 0 saturated carbocycles. The Labute approximate surface area is 99.3 Å². The van der Waals surface area contributed by atoms with Crippen LogP contribution in [0.2, 0.25) is 0 Å². The van der Waals surface area contributed by atoms with Gasteiger partial charge in [-0.3, -0.25) is 10.1 Å². The number of carbonyl (C=O) groups excluding carboxylic acids is 2. The lowest BCUT2D eigenvalue weighted by Crippen LogP contribution is -2.42. The van der Waals surface area contributed by atoms with Crippen LogP contribution in [0.4, 0.5) is 18.0 Å². The van der Waals surface area contributed by atoms with E-state index in [0.29, 0.717) is 0 Å². The maximum atomic E-state index is 11.7. The second kappa shape index (κ2) is 7.48. The number of nitrogens with one attached hydrogen (secondary N) is 2. The standard InChI is InChI=1S/C8H11F3N2O5/c9-8(10,11)1-2-12-7(17)13-5(14)3-18-4-6(15)16/h1-4H2,(H,15,16)(H2,12,13,14,17). The zero-order chi connectivity index (χ0) is 14.2. The van der Waals surface area contributed by atoms with Crippen LogP contribution in [0, 0.1) is 0 Å². The summed E-state index contributed by atoms with van der Waals surface area (Å²) in [4.78, 5) is 31.7. The van der Waals surface area contributed by atoms with E-state index in [1.54, 1.807) is 10.6 Å². The van der Waals surface area contributed by atoms with Crippen LogP contribution < -0.4 is 10.6 Å². The van der Waals surface area contributed by atoms with Gasteiger partial charge < -0.3 is 15.2 Å². The minimum absolute atomic E-state index is 0.668. The van der Waals surface area contributed by atoms with Crippen molar-refractivity contribution in [3.63, 3.8) is 0 Å². The van der Waals surface area contributed by atoms with Gasteiger partial charge in [0.1, 0.15) is 13.2 Å². The molecule has 104 valence electrons. The van der Waals surface area contributed by atoms with Gasteiger partial charge in [0.05, 0.1) is 6.42 Å². The van der Waals surface area contributed by atoms with Crippen molar-refractivity contribution in [1.29, 1.82) is 0 Å². The van der Waals surface area contributed by atoms with Gasteiger partial charge in [-0.2, -0.15) is 13.2 Å². The minimum atomic E-state index is -4.40. The predicted molar refractivity (Wildman–Crippen MR) is 50.7 cm³/mol. The van der Waals surface area contributed by atoms with Crippen molar-refractivity contribution >= 4 is 17.9 Å². The van der Waals surface area contributed by atoms with E-state index in [4.69, 9.17) is 5.11 Å². The lowest BCUT2D eigenvalue weighted by atomic mass is 10.4. The summed E-state index contributed by atoms with van der Waals surface area (Å²) in [6.45, 7) is -2.07. The van der Waals surface area contributed by atoms with Gasteiger partial charge in [-0.1, -0.05) is 0 Å². The fraction of sp³-hybridized carbons (Fsp3) is 0.625. The molecule has 0 fully saturated rings. The van der Waals surface area contributed by atoms with E-state index in [1.165, 1.54) is 0 Å². The maximum Gasteiger partial charge on any atom is 0.390 e. The average molecular weight is 272 g/mol. The molecule has 3 amide bonds. The van der Waals surface area contributed by atoms with Crippen LogP contribution in [0.5, 0.6) is 0 Å². The molecule has 0 aliphatic carbocycles. The van der Waals surface area contributed by atoms with Gasteiger partial charge in [0.25, 0.3) is 5.91 Å². The molecule has 7 nitrogen and oxygen atoms in total. The van der Waals surface area contributed by atoms with Crippen LogP contribution in [0.25, 0.3) is 0 Å². The zero-order valence-corrected chi connectivity index (χ0v) is 9.04. The molecule has 0 aliphatic rings. The summed E-state index contributed by atoms with van der Waals surface area (Å²) in [5, 5.41) is 11.6. The highest BCUT2D eigenvalue weighted by Crippen LogP contribution is 2.17. The number of hydrogen-bond donors (Lipinski definition) is 3. The monoisotopic (exact) mass is 272 g/mol. The number of aliphatic carboxylic acids is 1. The first-order chi connectivity index (χ1) is 8.20. The second-order valence-corrected chi connectivity index (χ2v) is 3.06. The summed E-state index contributed by atoms with van der Waals surface area (Å²) in [5.41, 5.74) is 0. The summed E-state index contributed by atoms with van der Waals surface area (Å²) < 4.78 is 39.4. The number of carboxylic acids is 1. The molecule has 0 radical (unpaired) electrons. The topological polar surface area (TPSA) is 105 Å². The molecule has 0 aromatic heterocycles. The summed E-state index contributed by atoms with van der Waals surface area (Å²) in [5.74, 6) is -2.25. The molecule has 0 spiro atoms. The van der Waals surface area contributed by atoms with Crippen molar-refractivity contribution in [2.24, 2.45) is 0 Å². The van der Waals surface area contributed by atoms with Gasteiger partial charge in [0, 0.05) is 6.54 Å². The highest BCUT2D eigenvalue weighted by atomic mass is 19.4. The number of rotatable bonds is 6. The quantitative estimate of drug-likeness (QED) is 0.624. The maximum absolute atomic E-state index is 11.7. The minimum Gasteiger partial charge on any atom is -0.480 e. The lowest BCUT2D eigenvalue weighted by molar-refractivity contribution is -0.143. The van der Waals surface area contributed by atoms with Crippen molar-refractivity contribution in [2.75, 3.05) is 19.8 Å². The molecule has 0 heterocycles. The number of carboxylic acid groups (broad SMARTS) is 1. The van der Waals surface area contributed by atoms with Crippen LogP contribution in [-0.2, 0) is 14.3 Å². The number of hydrogen-bond acceptors (Lipinski definition) is 4. The van der Waals surface area contributed by atoms with E-state index in [2.05, 4.69) is 4.74 Å². The Kier molecular flexibility index (Phi) is 6.71. The van der Waals surface area contributed by atoms with Gasteiger partial charge in [0.15, 0.2) is 0 Å². The number of urea groups is 1. The second-order valence-electron chi connectivity index (χ2n) is 3.06. The molecular formula is C8H11F3N2O5. The molecule has 0 saturated heterocycles. The van der Waals surface area contributed by atoms with Crippen LogP contribution in [0.3, 0.4) is 0 Å². The van der Waals surface area contributed by atoms with Gasteiger partial charge >= 0.3 is 18.2 Å². The number of alkyl halides is 3. The average Bonchev–Trinajstić information content (AvgIpc) is 2.14. The van der Waals surface area contributed by atoms with Crippen LogP contribution in [0.15, 0.2) is 0 Å². The Morgan fingerprint density at radius 1 is 1.17 bits per heavy atom. The zero-order valence-electron chi connectivity index (χ0n) is 9.04. The van der Waals surface area contributed by atoms with E-state index >= 15 is 0 Å². The predicted octanol–water partition coefficient (Wildman–Crippen LogP) is -0.134. The molecule has 10 heteroatoms. The number of ether oxygens (including phenoxy) is 1. The Morgan fingerprint density at radius 2 is 1.78 bits per heavy atom. The number of carbonyl (C=O) groups is 3. The summed E-state index contributed by atoms with van der Waals surface area (Å²) >= 11 is 0. The molecule has 0 aliphatic heterocycles. The summed E-state index contributed by atoms with van der Waals surface area (Å²) in [6, 6.07) is -1.11. The van der Waals surface area contributed by atoms with E-state index in [1.807, 2.05) is 0 Å². The third kappa shape index (κ3) is 10.7. The number of halogens is 3. The number of imide groups is 1. The fourth-order valence-electron chi connectivity index (χ4n) is 0.756. The van der Waals surface area contributed by atoms with Crippen LogP contribution in [0.1, 0.15) is 6.42 Å². The molecule has 0 atom stereocenters. The molecule has 0 aromatic rings. The van der Waals surface area contributed by atoms with Gasteiger partial charge in [-0.25, -0.2) is 9.59 Å². The first kappa shape index (κ1) is 16.2. The number of amides is 3. The van der Waals surface area contributed by atoms with E-state index < -0.39 is 50.3 Å².